The van der Waals surface area contributed by atoms with Crippen molar-refractivity contribution in [1.29, 1.82) is 0 Å². The summed E-state index contributed by atoms with van der Waals surface area (Å²) in [7, 11) is 1.26. The van der Waals surface area contributed by atoms with Gasteiger partial charge in [-0.1, -0.05) is 31.2 Å². The van der Waals surface area contributed by atoms with Crippen molar-refractivity contribution in [3.8, 4) is 11.5 Å². The lowest BCUT2D eigenvalue weighted by molar-refractivity contribution is -0.385. The number of hydrogen-bond acceptors (Lipinski definition) is 5. The molecule has 0 fully saturated rings. The molecule has 2 rings (SSSR count). The number of rotatable bonds is 6. The van der Waals surface area contributed by atoms with E-state index in [0.29, 0.717) is 5.56 Å². The number of aryl methyl sites for hydroxylation is 1. The lowest BCUT2D eigenvalue weighted by Crippen LogP contribution is -2.00. The van der Waals surface area contributed by atoms with Gasteiger partial charge in [0.2, 0.25) is 0 Å². The minimum atomic E-state index is -1.21. The Morgan fingerprint density at radius 3 is 2.40 bits per heavy atom. The Morgan fingerprint density at radius 1 is 1.28 bits per heavy atom. The third kappa shape index (κ3) is 3.95. The number of nitrogens with zero attached hydrogens (tertiary/aromatic N) is 1. The first-order valence-corrected chi connectivity index (χ1v) is 7.47. The van der Waals surface area contributed by atoms with Gasteiger partial charge in [-0.05, 0) is 23.6 Å². The van der Waals surface area contributed by atoms with Crippen molar-refractivity contribution in [2.24, 2.45) is 0 Å². The number of nitro benzene ring substituents is 1. The molecule has 2 aromatic carbocycles. The second kappa shape index (κ2) is 7.48. The van der Waals surface area contributed by atoms with Gasteiger partial charge in [0.05, 0.1) is 23.7 Å². The van der Waals surface area contributed by atoms with Gasteiger partial charge < -0.3 is 14.9 Å². The monoisotopic (exact) mass is 343 g/mol. The molecule has 0 amide bonds. The molecule has 7 nitrogen and oxygen atoms in total. The number of aromatic hydroxyl groups is 1. The van der Waals surface area contributed by atoms with Crippen LogP contribution in [-0.4, -0.2) is 28.2 Å². The molecule has 2 aromatic rings. The van der Waals surface area contributed by atoms with Crippen LogP contribution >= 0.6 is 0 Å². The SMILES string of the molecule is CCc1ccc(/C(=C/c2cc([N+](=O)[O-])cc(OC)c2O)C(=O)O)cc1. The lowest BCUT2D eigenvalue weighted by Gasteiger charge is -2.08. The largest absolute Gasteiger partial charge is 0.504 e. The number of carbonyl (C=O) groups is 1. The molecule has 130 valence electrons. The van der Waals surface area contributed by atoms with Gasteiger partial charge in [0.15, 0.2) is 11.5 Å². The standard InChI is InChI=1S/C18H17NO6/c1-3-11-4-6-12(7-5-11)15(18(21)22)9-13-8-14(19(23)24)10-16(25-2)17(13)20/h4-10,20H,3H2,1-2H3,(H,21,22)/b15-9-. The summed E-state index contributed by atoms with van der Waals surface area (Å²) in [6.07, 6.45) is 2.00. The molecule has 0 aliphatic heterocycles. The summed E-state index contributed by atoms with van der Waals surface area (Å²) < 4.78 is 4.92. The molecule has 0 aliphatic carbocycles. The summed E-state index contributed by atoms with van der Waals surface area (Å²) in [6, 6.07) is 9.10. The predicted molar refractivity (Wildman–Crippen MR) is 92.6 cm³/mol. The van der Waals surface area contributed by atoms with Crippen LogP contribution in [0.2, 0.25) is 0 Å². The van der Waals surface area contributed by atoms with E-state index in [1.165, 1.54) is 13.2 Å². The molecule has 0 spiro atoms. The minimum absolute atomic E-state index is 0.0111. The Morgan fingerprint density at radius 2 is 1.92 bits per heavy atom. The molecule has 0 unspecified atom stereocenters. The highest BCUT2D eigenvalue weighted by Crippen LogP contribution is 2.36. The quantitative estimate of drug-likeness (QED) is 0.359. The first kappa shape index (κ1) is 18.0. The average Bonchev–Trinajstić information content (AvgIpc) is 2.60. The fraction of sp³-hybridized carbons (Fsp3) is 0.167. The van der Waals surface area contributed by atoms with Crippen LogP contribution in [0.1, 0.15) is 23.6 Å². The molecule has 0 saturated carbocycles. The summed E-state index contributed by atoms with van der Waals surface area (Å²) in [5.74, 6) is -1.68. The van der Waals surface area contributed by atoms with Gasteiger partial charge >= 0.3 is 5.97 Å². The number of aliphatic carboxylic acids is 1. The van der Waals surface area contributed by atoms with Crippen molar-refractivity contribution < 1.29 is 24.7 Å². The third-order valence-corrected chi connectivity index (χ3v) is 3.72. The molecular formula is C18H17NO6. The van der Waals surface area contributed by atoms with E-state index in [4.69, 9.17) is 4.74 Å². The Kier molecular flexibility index (Phi) is 5.38. The minimum Gasteiger partial charge on any atom is -0.504 e. The van der Waals surface area contributed by atoms with E-state index in [0.717, 1.165) is 24.1 Å². The maximum absolute atomic E-state index is 11.6. The van der Waals surface area contributed by atoms with Gasteiger partial charge in [0, 0.05) is 11.6 Å². The first-order chi connectivity index (χ1) is 11.9. The summed E-state index contributed by atoms with van der Waals surface area (Å²) in [5.41, 5.74) is 1.05. The Labute approximate surface area is 144 Å². The average molecular weight is 343 g/mol. The zero-order valence-electron chi connectivity index (χ0n) is 13.7. The smallest absolute Gasteiger partial charge is 0.336 e. The number of benzene rings is 2. The van der Waals surface area contributed by atoms with Gasteiger partial charge in [-0.2, -0.15) is 0 Å². The van der Waals surface area contributed by atoms with Crippen LogP contribution in [0.15, 0.2) is 36.4 Å². The number of methoxy groups -OCH3 is 1. The van der Waals surface area contributed by atoms with Gasteiger partial charge in [-0.3, -0.25) is 10.1 Å². The van der Waals surface area contributed by atoms with E-state index in [-0.39, 0.29) is 28.3 Å². The fourth-order valence-electron chi connectivity index (χ4n) is 2.33. The molecule has 0 saturated heterocycles. The van der Waals surface area contributed by atoms with Gasteiger partial charge in [0.1, 0.15) is 0 Å². The van der Waals surface area contributed by atoms with Crippen molar-refractivity contribution in [2.45, 2.75) is 13.3 Å². The van der Waals surface area contributed by atoms with Crippen molar-refractivity contribution in [3.05, 3.63) is 63.2 Å². The second-order valence-electron chi connectivity index (χ2n) is 5.26. The number of ether oxygens (including phenoxy) is 1. The number of phenols is 1. The molecule has 2 N–H and O–H groups in total. The Bertz CT molecular complexity index is 839. The topological polar surface area (TPSA) is 110 Å². The summed E-state index contributed by atoms with van der Waals surface area (Å²) in [6.45, 7) is 1.98. The Hall–Kier alpha value is -3.35. The zero-order valence-corrected chi connectivity index (χ0v) is 13.7. The van der Waals surface area contributed by atoms with Crippen LogP contribution in [-0.2, 0) is 11.2 Å². The number of nitro groups is 1. The maximum atomic E-state index is 11.6. The van der Waals surface area contributed by atoms with E-state index in [1.807, 2.05) is 6.92 Å². The van der Waals surface area contributed by atoms with Crippen LogP contribution < -0.4 is 4.74 Å². The molecule has 0 aliphatic rings. The number of phenolic OH excluding ortho intramolecular Hbond substituents is 1. The van der Waals surface area contributed by atoms with Gasteiger partial charge in [-0.25, -0.2) is 4.79 Å². The lowest BCUT2D eigenvalue weighted by atomic mass is 10.00. The summed E-state index contributed by atoms with van der Waals surface area (Å²) in [5, 5.41) is 30.7. The molecule has 25 heavy (non-hydrogen) atoms. The highest BCUT2D eigenvalue weighted by molar-refractivity contribution is 6.20. The van der Waals surface area contributed by atoms with Crippen LogP contribution in [0, 0.1) is 10.1 Å². The zero-order chi connectivity index (χ0) is 18.6. The molecule has 0 bridgehead atoms. The maximum Gasteiger partial charge on any atom is 0.336 e. The molecule has 0 atom stereocenters. The number of non-ortho nitro benzene ring substituents is 1. The molecule has 7 heteroatoms. The fourth-order valence-corrected chi connectivity index (χ4v) is 2.33. The normalized spacial score (nSPS) is 11.2. The van der Waals surface area contributed by atoms with E-state index >= 15 is 0 Å². The van der Waals surface area contributed by atoms with Crippen molar-refractivity contribution in [2.75, 3.05) is 7.11 Å². The van der Waals surface area contributed by atoms with Crippen molar-refractivity contribution in [1.82, 2.24) is 0 Å². The van der Waals surface area contributed by atoms with Crippen LogP contribution in [0.4, 0.5) is 5.69 Å². The summed E-state index contributed by atoms with van der Waals surface area (Å²) in [4.78, 5) is 22.0. The number of carboxylic acid groups (broad SMARTS) is 1. The highest BCUT2D eigenvalue weighted by Gasteiger charge is 2.18. The van der Waals surface area contributed by atoms with E-state index in [1.54, 1.807) is 24.3 Å². The molecule has 0 heterocycles. The van der Waals surface area contributed by atoms with Crippen LogP contribution in [0.5, 0.6) is 11.5 Å². The second-order valence-corrected chi connectivity index (χ2v) is 5.26. The Balaban J connectivity index is 2.61. The van der Waals surface area contributed by atoms with Crippen LogP contribution in [0.25, 0.3) is 11.6 Å². The van der Waals surface area contributed by atoms with E-state index in [2.05, 4.69) is 0 Å². The molecule has 0 radical (unpaired) electrons. The van der Waals surface area contributed by atoms with E-state index < -0.39 is 10.9 Å². The van der Waals surface area contributed by atoms with Crippen molar-refractivity contribution >= 4 is 23.3 Å². The molecule has 0 aromatic heterocycles. The van der Waals surface area contributed by atoms with Gasteiger partial charge in [0.25, 0.3) is 5.69 Å². The molecular weight excluding hydrogens is 326 g/mol. The van der Waals surface area contributed by atoms with Gasteiger partial charge in [-0.15, -0.1) is 0 Å². The van der Waals surface area contributed by atoms with E-state index in [9.17, 15) is 25.1 Å². The predicted octanol–water partition coefficient (Wildman–Crippen LogP) is 3.50. The van der Waals surface area contributed by atoms with Crippen molar-refractivity contribution in [3.63, 3.8) is 0 Å². The summed E-state index contributed by atoms with van der Waals surface area (Å²) >= 11 is 0. The third-order valence-electron chi connectivity index (χ3n) is 3.72. The first-order valence-electron chi connectivity index (χ1n) is 7.47. The number of carboxylic acids is 1. The van der Waals surface area contributed by atoms with Crippen LogP contribution in [0.3, 0.4) is 0 Å². The number of hydrogen-bond donors (Lipinski definition) is 2. The highest BCUT2D eigenvalue weighted by atomic mass is 16.6.